The molecule has 0 unspecified atom stereocenters. The highest BCUT2D eigenvalue weighted by Crippen LogP contribution is 2.56. The lowest BCUT2D eigenvalue weighted by molar-refractivity contribution is -0.132. The van der Waals surface area contributed by atoms with E-state index in [1.54, 1.807) is 13.8 Å². The number of allylic oxidation sites excluding steroid dienone is 2. The van der Waals surface area contributed by atoms with Crippen LogP contribution in [0.1, 0.15) is 48.6 Å². The normalized spacial score (nSPS) is 24.6. The Morgan fingerprint density at radius 1 is 1.11 bits per heavy atom. The highest BCUT2D eigenvalue weighted by molar-refractivity contribution is 6.25. The summed E-state index contributed by atoms with van der Waals surface area (Å²) in [6.07, 6.45) is 2.07. The van der Waals surface area contributed by atoms with Crippen LogP contribution in [0.2, 0.25) is 0 Å². The van der Waals surface area contributed by atoms with E-state index in [-0.39, 0.29) is 42.7 Å². The van der Waals surface area contributed by atoms with Crippen LogP contribution in [0.5, 0.6) is 17.2 Å². The Morgan fingerprint density at radius 3 is 2.54 bits per heavy atom. The van der Waals surface area contributed by atoms with Crippen molar-refractivity contribution in [1.29, 1.82) is 5.26 Å². The molecule has 1 aliphatic carbocycles. The van der Waals surface area contributed by atoms with Gasteiger partial charge in [-0.3, -0.25) is 19.3 Å². The van der Waals surface area contributed by atoms with Gasteiger partial charge in [0.05, 0.1) is 38.5 Å². The average Bonchev–Trinajstić information content (AvgIpc) is 3.53. The first-order valence-electron chi connectivity index (χ1n) is 15.1. The number of rotatable bonds is 6. The highest BCUT2D eigenvalue weighted by Gasteiger charge is 2.56. The molecule has 0 saturated carbocycles. The smallest absolute Gasteiger partial charge is 0.308 e. The number of hydrogen-bond acceptors (Lipinski definition) is 11. The molecule has 5 aliphatic rings. The summed E-state index contributed by atoms with van der Waals surface area (Å²) < 4.78 is 29.6. The summed E-state index contributed by atoms with van der Waals surface area (Å²) in [5.41, 5.74) is 4.41. The number of fused-ring (bicyclic) bond motifs is 8. The van der Waals surface area contributed by atoms with Gasteiger partial charge in [-0.05, 0) is 39.0 Å². The number of nitrogens with zero attached hydrogens (tertiary/aromatic N) is 3. The van der Waals surface area contributed by atoms with Crippen molar-refractivity contribution in [3.8, 4) is 23.3 Å². The van der Waals surface area contributed by atoms with Crippen molar-refractivity contribution < 1.29 is 38.1 Å². The highest BCUT2D eigenvalue weighted by atomic mass is 16.7. The third-order valence-electron chi connectivity index (χ3n) is 9.59. The van der Waals surface area contributed by atoms with E-state index in [0.717, 1.165) is 5.56 Å². The Balaban J connectivity index is 1.46. The second-order valence-electron chi connectivity index (χ2n) is 12.1. The summed E-state index contributed by atoms with van der Waals surface area (Å²) in [5, 5.41) is 10.8. The lowest BCUT2D eigenvalue weighted by atomic mass is 9.71. The Morgan fingerprint density at radius 2 is 1.85 bits per heavy atom. The van der Waals surface area contributed by atoms with E-state index in [1.807, 2.05) is 53.3 Å². The zero-order valence-corrected chi connectivity index (χ0v) is 26.2. The number of methoxy groups -OCH3 is 1. The fraction of sp³-hybridized carbons (Fsp3) is 0.371. The first-order chi connectivity index (χ1) is 22.2. The van der Waals surface area contributed by atoms with Crippen molar-refractivity contribution >= 4 is 23.6 Å². The van der Waals surface area contributed by atoms with Crippen molar-refractivity contribution in [1.82, 2.24) is 9.80 Å². The maximum Gasteiger partial charge on any atom is 0.308 e. The summed E-state index contributed by atoms with van der Waals surface area (Å²) in [5.74, 6) is 0.158. The van der Waals surface area contributed by atoms with Crippen LogP contribution in [0.25, 0.3) is 6.08 Å². The molecule has 4 atom stereocenters. The van der Waals surface area contributed by atoms with Gasteiger partial charge in [0.15, 0.2) is 23.0 Å². The molecule has 1 saturated heterocycles. The Kier molecular flexibility index (Phi) is 7.22. The SMILES string of the molecule is COC1=C(C)C(=O)C2=C(C1=O)[C@@H]1C3=Cc4c(OC(C)=O)c(C)c5c(c4[C@H](COCc4ccccc4)N3[C@@H](C#N)[C@H](C2)N1C)OCO5. The van der Waals surface area contributed by atoms with Crippen molar-refractivity contribution in [2.75, 3.05) is 27.6 Å². The van der Waals surface area contributed by atoms with E-state index in [4.69, 9.17) is 23.7 Å². The molecule has 236 valence electrons. The van der Waals surface area contributed by atoms with E-state index >= 15 is 0 Å². The predicted octanol–water partition coefficient (Wildman–Crippen LogP) is 3.91. The summed E-state index contributed by atoms with van der Waals surface area (Å²) in [6, 6.07) is 9.84. The van der Waals surface area contributed by atoms with Crippen molar-refractivity contribution in [2.24, 2.45) is 0 Å². The average molecular weight is 624 g/mol. The monoisotopic (exact) mass is 623 g/mol. The molecule has 7 rings (SSSR count). The molecule has 11 nitrogen and oxygen atoms in total. The minimum Gasteiger partial charge on any atom is -0.492 e. The first kappa shape index (κ1) is 29.8. The fourth-order valence-electron chi connectivity index (χ4n) is 7.59. The Labute approximate surface area is 266 Å². The largest absolute Gasteiger partial charge is 0.492 e. The molecule has 4 aliphatic heterocycles. The Hall–Kier alpha value is -4.92. The molecule has 11 heteroatoms. The number of ether oxygens (including phenoxy) is 5. The predicted molar refractivity (Wildman–Crippen MR) is 163 cm³/mol. The number of carbonyl (C=O) groups is 3. The van der Waals surface area contributed by atoms with Gasteiger partial charge >= 0.3 is 5.97 Å². The van der Waals surface area contributed by atoms with Crippen LogP contribution in [0, 0.1) is 18.3 Å². The van der Waals surface area contributed by atoms with Gasteiger partial charge in [0.2, 0.25) is 12.6 Å². The topological polar surface area (TPSA) is 128 Å². The second-order valence-corrected chi connectivity index (χ2v) is 12.1. The summed E-state index contributed by atoms with van der Waals surface area (Å²) >= 11 is 0. The standard InChI is InChI=1S/C35H33N3O8/c1-17-30(40)21-11-23-25(13-36)38-24(29(37(23)4)28(21)31(41)33(17)42-5)12-22-27(26(38)15-43-14-20-9-7-6-8-10-20)35-34(44-16-45-35)18(2)32(22)46-19(3)39/h6-10,12,23,25-26,29H,11,14-16H2,1-5H3/t23-,25-,26-,29-/m0/s1. The number of hydrogen-bond donors (Lipinski definition) is 0. The summed E-state index contributed by atoms with van der Waals surface area (Å²) in [6.45, 7) is 5.15. The number of piperazine rings is 1. The van der Waals surface area contributed by atoms with E-state index in [9.17, 15) is 19.6 Å². The molecule has 0 amide bonds. The minimum absolute atomic E-state index is 0.0175. The number of Topliss-reactive ketones (excluding diaryl/α,β-unsaturated/α-hetero) is 2. The molecule has 2 aromatic rings. The van der Waals surface area contributed by atoms with Crippen LogP contribution < -0.4 is 14.2 Å². The minimum atomic E-state index is -0.729. The van der Waals surface area contributed by atoms with Crippen molar-refractivity contribution in [2.45, 2.75) is 58.0 Å². The van der Waals surface area contributed by atoms with Gasteiger partial charge in [0.25, 0.3) is 0 Å². The number of benzene rings is 2. The molecular formula is C35H33N3O8. The van der Waals surface area contributed by atoms with E-state index < -0.39 is 30.1 Å². The molecule has 2 bridgehead atoms. The van der Waals surface area contributed by atoms with Gasteiger partial charge in [-0.15, -0.1) is 0 Å². The molecule has 0 spiro atoms. The second kappa shape index (κ2) is 11.2. The summed E-state index contributed by atoms with van der Waals surface area (Å²) in [7, 11) is 3.25. The quantitative estimate of drug-likeness (QED) is 0.264. The number of nitriles is 1. The Bertz CT molecular complexity index is 1840. The van der Waals surface area contributed by atoms with E-state index in [1.165, 1.54) is 14.0 Å². The first-order valence-corrected chi connectivity index (χ1v) is 15.1. The van der Waals surface area contributed by atoms with Crippen LogP contribution in [-0.4, -0.2) is 73.0 Å². The third kappa shape index (κ3) is 4.28. The molecule has 0 radical (unpaired) electrons. The number of ketones is 2. The van der Waals surface area contributed by atoms with Gasteiger partial charge in [-0.25, -0.2) is 0 Å². The third-order valence-corrected chi connectivity index (χ3v) is 9.59. The molecule has 0 aromatic heterocycles. The van der Waals surface area contributed by atoms with Gasteiger partial charge < -0.3 is 28.6 Å². The molecule has 4 heterocycles. The lowest BCUT2D eigenvalue weighted by Crippen LogP contribution is -2.66. The number of carbonyl (C=O) groups excluding carboxylic acids is 3. The lowest BCUT2D eigenvalue weighted by Gasteiger charge is -2.57. The zero-order chi connectivity index (χ0) is 32.4. The fourth-order valence-corrected chi connectivity index (χ4v) is 7.59. The zero-order valence-electron chi connectivity index (χ0n) is 26.2. The molecule has 1 fully saturated rings. The van der Waals surface area contributed by atoms with Crippen LogP contribution in [0.4, 0.5) is 0 Å². The maximum atomic E-state index is 14.0. The van der Waals surface area contributed by atoms with Crippen LogP contribution in [0.15, 0.2) is 58.5 Å². The van der Waals surface area contributed by atoms with Gasteiger partial charge in [-0.1, -0.05) is 30.3 Å². The van der Waals surface area contributed by atoms with Crippen molar-refractivity contribution in [3.63, 3.8) is 0 Å². The molecular weight excluding hydrogens is 590 g/mol. The summed E-state index contributed by atoms with van der Waals surface area (Å²) in [4.78, 5) is 44.1. The van der Waals surface area contributed by atoms with Gasteiger partial charge in [-0.2, -0.15) is 5.26 Å². The van der Waals surface area contributed by atoms with E-state index in [2.05, 4.69) is 6.07 Å². The van der Waals surface area contributed by atoms with Crippen LogP contribution in [0.3, 0.4) is 0 Å². The van der Waals surface area contributed by atoms with Crippen LogP contribution >= 0.6 is 0 Å². The maximum absolute atomic E-state index is 14.0. The van der Waals surface area contributed by atoms with Crippen LogP contribution in [-0.2, 0) is 30.5 Å². The van der Waals surface area contributed by atoms with Gasteiger partial charge in [0.1, 0.15) is 11.8 Å². The van der Waals surface area contributed by atoms with Crippen molar-refractivity contribution in [3.05, 3.63) is 80.8 Å². The molecule has 2 aromatic carbocycles. The number of likely N-dealkylation sites (N-methyl/N-ethyl adjacent to an activating group) is 1. The number of esters is 1. The van der Waals surface area contributed by atoms with E-state index in [0.29, 0.717) is 57.4 Å². The van der Waals surface area contributed by atoms with Gasteiger partial charge in [0, 0.05) is 52.1 Å². The molecule has 0 N–H and O–H groups in total. The molecule has 46 heavy (non-hydrogen) atoms.